The predicted octanol–water partition coefficient (Wildman–Crippen LogP) is 3.36. The number of rotatable bonds is 7. The molecule has 1 N–H and O–H groups in total. The minimum atomic E-state index is -0.0298. The lowest BCUT2D eigenvalue weighted by Gasteiger charge is -2.10. The summed E-state index contributed by atoms with van der Waals surface area (Å²) in [7, 11) is 0. The number of aromatic nitrogens is 2. The maximum absolute atomic E-state index is 9.48. The normalized spacial score (nSPS) is 11.4. The Balaban J connectivity index is 2.31. The van der Waals surface area contributed by atoms with Gasteiger partial charge in [-0.3, -0.25) is 0 Å². The van der Waals surface area contributed by atoms with Crippen LogP contribution in [0, 0.1) is 5.92 Å². The summed E-state index contributed by atoms with van der Waals surface area (Å²) in [4.78, 5) is 4.51. The van der Waals surface area contributed by atoms with Crippen molar-refractivity contribution in [3.63, 3.8) is 0 Å². The molecule has 110 valence electrons. The molecule has 2 rings (SSSR count). The van der Waals surface area contributed by atoms with E-state index in [-0.39, 0.29) is 6.61 Å². The van der Waals surface area contributed by atoms with Gasteiger partial charge in [0.2, 0.25) is 0 Å². The van der Waals surface area contributed by atoms with E-state index in [1.54, 1.807) is 0 Å². The first-order valence-corrected chi connectivity index (χ1v) is 7.38. The van der Waals surface area contributed by atoms with Gasteiger partial charge in [-0.25, -0.2) is 4.98 Å². The van der Waals surface area contributed by atoms with Gasteiger partial charge in [0.1, 0.15) is 18.2 Å². The Morgan fingerprint density at radius 3 is 2.80 bits per heavy atom. The third-order valence-electron chi connectivity index (χ3n) is 3.34. The van der Waals surface area contributed by atoms with Gasteiger partial charge in [-0.05, 0) is 30.9 Å². The zero-order chi connectivity index (χ0) is 14.5. The molecule has 1 heterocycles. The molecule has 0 radical (unpaired) electrons. The second kappa shape index (κ2) is 6.75. The third-order valence-corrected chi connectivity index (χ3v) is 3.34. The highest BCUT2D eigenvalue weighted by molar-refractivity contribution is 5.77. The summed E-state index contributed by atoms with van der Waals surface area (Å²) < 4.78 is 7.74. The molecule has 1 aromatic heterocycles. The van der Waals surface area contributed by atoms with Crippen LogP contribution in [0.1, 0.15) is 39.4 Å². The van der Waals surface area contributed by atoms with Gasteiger partial charge in [0.15, 0.2) is 0 Å². The van der Waals surface area contributed by atoms with E-state index >= 15 is 0 Å². The van der Waals surface area contributed by atoms with Gasteiger partial charge in [0, 0.05) is 12.6 Å². The van der Waals surface area contributed by atoms with E-state index < -0.39 is 0 Å². The Kier molecular flexibility index (Phi) is 5.01. The Morgan fingerprint density at radius 2 is 2.15 bits per heavy atom. The highest BCUT2D eigenvalue weighted by atomic mass is 16.5. The van der Waals surface area contributed by atoms with Crippen molar-refractivity contribution in [3.8, 4) is 5.75 Å². The predicted molar refractivity (Wildman–Crippen MR) is 80.9 cm³/mol. The van der Waals surface area contributed by atoms with Crippen molar-refractivity contribution >= 4 is 11.0 Å². The lowest BCUT2D eigenvalue weighted by atomic mass is 10.1. The van der Waals surface area contributed by atoms with Crippen LogP contribution in [-0.2, 0) is 13.2 Å². The Morgan fingerprint density at radius 1 is 1.35 bits per heavy atom. The zero-order valence-corrected chi connectivity index (χ0v) is 12.6. The maximum Gasteiger partial charge on any atom is 0.135 e. The number of aliphatic hydroxyl groups is 1. The van der Waals surface area contributed by atoms with Crippen LogP contribution in [0.3, 0.4) is 0 Å². The fraction of sp³-hybridized carbons (Fsp3) is 0.562. The molecule has 0 atom stereocenters. The molecule has 1 aromatic carbocycles. The Labute approximate surface area is 120 Å². The fourth-order valence-electron chi connectivity index (χ4n) is 2.23. The van der Waals surface area contributed by atoms with Crippen LogP contribution in [0.15, 0.2) is 18.2 Å². The number of aryl methyl sites for hydroxylation is 1. The van der Waals surface area contributed by atoms with Crippen LogP contribution >= 0.6 is 0 Å². The van der Waals surface area contributed by atoms with E-state index in [4.69, 9.17) is 4.74 Å². The molecule has 0 saturated carbocycles. The van der Waals surface area contributed by atoms with Crippen molar-refractivity contribution in [1.29, 1.82) is 0 Å². The molecule has 4 heteroatoms. The maximum atomic E-state index is 9.48. The SMILES string of the molecule is CCCOc1ccc2c(c1)nc(CO)n2CCC(C)C. The molecule has 4 nitrogen and oxygen atoms in total. The van der Waals surface area contributed by atoms with Crippen molar-refractivity contribution in [3.05, 3.63) is 24.0 Å². The molecular weight excluding hydrogens is 252 g/mol. The van der Waals surface area contributed by atoms with Gasteiger partial charge in [-0.15, -0.1) is 0 Å². The molecule has 0 aliphatic heterocycles. The topological polar surface area (TPSA) is 47.3 Å². The second-order valence-electron chi connectivity index (χ2n) is 5.52. The minimum absolute atomic E-state index is 0.0298. The molecule has 0 unspecified atom stereocenters. The van der Waals surface area contributed by atoms with Crippen molar-refractivity contribution in [1.82, 2.24) is 9.55 Å². The first-order chi connectivity index (χ1) is 9.65. The standard InChI is InChI=1S/C16H24N2O2/c1-4-9-20-13-5-6-15-14(10-13)17-16(11-19)18(15)8-7-12(2)3/h5-6,10,12,19H,4,7-9,11H2,1-3H3. The average Bonchev–Trinajstić information content (AvgIpc) is 2.79. The number of aliphatic hydroxyl groups excluding tert-OH is 1. The van der Waals surface area contributed by atoms with E-state index in [9.17, 15) is 5.11 Å². The average molecular weight is 276 g/mol. The lowest BCUT2D eigenvalue weighted by molar-refractivity contribution is 0.264. The van der Waals surface area contributed by atoms with Gasteiger partial charge < -0.3 is 14.4 Å². The summed E-state index contributed by atoms with van der Waals surface area (Å²) in [6.45, 7) is 8.06. The fourth-order valence-corrected chi connectivity index (χ4v) is 2.23. The molecule has 0 aliphatic carbocycles. The second-order valence-corrected chi connectivity index (χ2v) is 5.52. The quantitative estimate of drug-likeness (QED) is 0.843. The van der Waals surface area contributed by atoms with Crippen LogP contribution in [0.2, 0.25) is 0 Å². The zero-order valence-electron chi connectivity index (χ0n) is 12.6. The van der Waals surface area contributed by atoms with Gasteiger partial charge in [-0.1, -0.05) is 20.8 Å². The first-order valence-electron chi connectivity index (χ1n) is 7.38. The van der Waals surface area contributed by atoms with E-state index in [1.165, 1.54) is 0 Å². The van der Waals surface area contributed by atoms with Gasteiger partial charge in [0.25, 0.3) is 0 Å². The summed E-state index contributed by atoms with van der Waals surface area (Å²) >= 11 is 0. The van der Waals surface area contributed by atoms with Crippen molar-refractivity contribution in [2.75, 3.05) is 6.61 Å². The van der Waals surface area contributed by atoms with Crippen molar-refractivity contribution in [2.45, 2.75) is 46.8 Å². The number of benzene rings is 1. The summed E-state index contributed by atoms with van der Waals surface area (Å²) in [5.74, 6) is 2.21. The van der Waals surface area contributed by atoms with Gasteiger partial charge >= 0.3 is 0 Å². The molecule has 0 saturated heterocycles. The summed E-state index contributed by atoms with van der Waals surface area (Å²) in [6, 6.07) is 5.97. The monoisotopic (exact) mass is 276 g/mol. The van der Waals surface area contributed by atoms with Crippen LogP contribution in [0.25, 0.3) is 11.0 Å². The van der Waals surface area contributed by atoms with Crippen molar-refractivity contribution < 1.29 is 9.84 Å². The third kappa shape index (κ3) is 3.31. The molecule has 0 amide bonds. The molecule has 0 aliphatic rings. The molecule has 20 heavy (non-hydrogen) atoms. The van der Waals surface area contributed by atoms with E-state index in [2.05, 4.69) is 30.3 Å². The number of imidazole rings is 1. The Bertz CT molecular complexity index is 561. The van der Waals surface area contributed by atoms with E-state index in [1.807, 2.05) is 18.2 Å². The molecular formula is C16H24N2O2. The number of fused-ring (bicyclic) bond motifs is 1. The van der Waals surface area contributed by atoms with Crippen molar-refractivity contribution in [2.24, 2.45) is 5.92 Å². The summed E-state index contributed by atoms with van der Waals surface area (Å²) in [6.07, 6.45) is 2.06. The molecule has 2 aromatic rings. The largest absolute Gasteiger partial charge is 0.494 e. The van der Waals surface area contributed by atoms with Crippen LogP contribution in [0.4, 0.5) is 0 Å². The van der Waals surface area contributed by atoms with Gasteiger partial charge in [0.05, 0.1) is 17.6 Å². The summed E-state index contributed by atoms with van der Waals surface area (Å²) in [5.41, 5.74) is 1.96. The van der Waals surface area contributed by atoms with E-state index in [0.717, 1.165) is 42.0 Å². The highest BCUT2D eigenvalue weighted by Crippen LogP contribution is 2.23. The van der Waals surface area contributed by atoms with E-state index in [0.29, 0.717) is 12.5 Å². The molecule has 0 spiro atoms. The van der Waals surface area contributed by atoms with Crippen LogP contribution in [-0.4, -0.2) is 21.3 Å². The lowest BCUT2D eigenvalue weighted by Crippen LogP contribution is -2.06. The van der Waals surface area contributed by atoms with Gasteiger partial charge in [-0.2, -0.15) is 0 Å². The molecule has 0 fully saturated rings. The number of nitrogens with zero attached hydrogens (tertiary/aromatic N) is 2. The Hall–Kier alpha value is -1.55. The highest BCUT2D eigenvalue weighted by Gasteiger charge is 2.11. The van der Waals surface area contributed by atoms with Crippen LogP contribution < -0.4 is 4.74 Å². The number of hydrogen-bond acceptors (Lipinski definition) is 3. The number of ether oxygens (including phenoxy) is 1. The molecule has 0 bridgehead atoms. The number of hydrogen-bond donors (Lipinski definition) is 1. The smallest absolute Gasteiger partial charge is 0.135 e. The first kappa shape index (κ1) is 14.9. The van der Waals surface area contributed by atoms with Crippen LogP contribution in [0.5, 0.6) is 5.75 Å². The summed E-state index contributed by atoms with van der Waals surface area (Å²) in [5, 5.41) is 9.48. The minimum Gasteiger partial charge on any atom is -0.494 e.